The molecule has 0 radical (unpaired) electrons. The minimum Gasteiger partial charge on any atom is -0.378 e. The van der Waals surface area contributed by atoms with E-state index in [2.05, 4.69) is 11.8 Å². The molecule has 0 aromatic carbocycles. The van der Waals surface area contributed by atoms with Crippen LogP contribution in [0.2, 0.25) is 0 Å². The number of rotatable bonds is 13. The fraction of sp³-hybridized carbons (Fsp3) is 1.00. The summed E-state index contributed by atoms with van der Waals surface area (Å²) in [6, 6.07) is 0. The zero-order valence-electron chi connectivity index (χ0n) is 15.8. The van der Waals surface area contributed by atoms with E-state index in [1.54, 1.807) is 0 Å². The third-order valence-corrected chi connectivity index (χ3v) is 6.60. The van der Waals surface area contributed by atoms with Crippen LogP contribution in [0, 0.1) is 0 Å². The summed E-state index contributed by atoms with van der Waals surface area (Å²) in [7, 11) is 0. The maximum absolute atomic E-state index is 5.80. The van der Waals surface area contributed by atoms with Crippen LogP contribution >= 0.6 is 11.8 Å². The van der Waals surface area contributed by atoms with Crippen molar-refractivity contribution in [3.05, 3.63) is 0 Å². The van der Waals surface area contributed by atoms with E-state index in [-0.39, 0.29) is 0 Å². The molecule has 2 rings (SSSR count). The van der Waals surface area contributed by atoms with Gasteiger partial charge in [0.2, 0.25) is 0 Å². The summed E-state index contributed by atoms with van der Waals surface area (Å²) in [6.07, 6.45) is 21.7. The molecule has 2 nitrogen and oxygen atoms in total. The molecular weight excluding hydrogens is 316 g/mol. The Bertz CT molecular complexity index is 245. The molecule has 0 aliphatic carbocycles. The molecule has 2 aliphatic rings. The Balaban J connectivity index is 1.25. The van der Waals surface area contributed by atoms with Crippen LogP contribution in [0.3, 0.4) is 0 Å². The normalized spacial score (nSPS) is 25.0. The van der Waals surface area contributed by atoms with Gasteiger partial charge in [0.25, 0.3) is 0 Å². The molecule has 2 unspecified atom stereocenters. The molecule has 0 N–H and O–H groups in total. The van der Waals surface area contributed by atoms with Crippen molar-refractivity contribution in [2.24, 2.45) is 0 Å². The van der Waals surface area contributed by atoms with Crippen LogP contribution in [-0.4, -0.2) is 36.9 Å². The van der Waals surface area contributed by atoms with Crippen molar-refractivity contribution in [2.75, 3.05) is 24.7 Å². The molecule has 0 bridgehead atoms. The molecule has 0 saturated carbocycles. The summed E-state index contributed by atoms with van der Waals surface area (Å²) in [6.45, 7) is 2.01. The van der Waals surface area contributed by atoms with Gasteiger partial charge in [-0.05, 0) is 57.1 Å². The first kappa shape index (κ1) is 20.6. The second kappa shape index (κ2) is 14.4. The lowest BCUT2D eigenvalue weighted by Gasteiger charge is -2.22. The summed E-state index contributed by atoms with van der Waals surface area (Å²) >= 11 is 2.11. The highest BCUT2D eigenvalue weighted by molar-refractivity contribution is 7.99. The zero-order valence-corrected chi connectivity index (χ0v) is 16.6. The van der Waals surface area contributed by atoms with Crippen LogP contribution in [0.5, 0.6) is 0 Å². The van der Waals surface area contributed by atoms with Crippen molar-refractivity contribution in [1.29, 1.82) is 0 Å². The highest BCUT2D eigenvalue weighted by atomic mass is 32.2. The number of ether oxygens (including phenoxy) is 2. The van der Waals surface area contributed by atoms with Gasteiger partial charge in [0, 0.05) is 19.0 Å². The first-order valence-electron chi connectivity index (χ1n) is 10.8. The van der Waals surface area contributed by atoms with E-state index >= 15 is 0 Å². The second-order valence-corrected chi connectivity index (χ2v) is 8.82. The number of hydrogen-bond donors (Lipinski definition) is 0. The number of unbranched alkanes of at least 4 members (excludes halogenated alkanes) is 7. The SMILES string of the molecule is C(CCCCCC1CCCCO1)CCCCSCC1CCCCO1. The topological polar surface area (TPSA) is 18.5 Å². The largest absolute Gasteiger partial charge is 0.378 e. The fourth-order valence-electron chi connectivity index (χ4n) is 3.83. The predicted octanol–water partition coefficient (Wildman–Crippen LogP) is 6.37. The molecule has 0 amide bonds. The summed E-state index contributed by atoms with van der Waals surface area (Å²) in [4.78, 5) is 0. The molecule has 2 heterocycles. The van der Waals surface area contributed by atoms with E-state index in [9.17, 15) is 0 Å². The molecule has 2 aliphatic heterocycles. The van der Waals surface area contributed by atoms with Gasteiger partial charge in [0.05, 0.1) is 12.2 Å². The van der Waals surface area contributed by atoms with Gasteiger partial charge in [-0.2, -0.15) is 11.8 Å². The van der Waals surface area contributed by atoms with Crippen LogP contribution in [0.1, 0.15) is 96.3 Å². The minimum atomic E-state index is 0.558. The lowest BCUT2D eigenvalue weighted by atomic mass is 10.0. The Morgan fingerprint density at radius 3 is 1.83 bits per heavy atom. The zero-order chi connectivity index (χ0) is 16.7. The third kappa shape index (κ3) is 10.3. The Kier molecular flexibility index (Phi) is 12.4. The van der Waals surface area contributed by atoms with Gasteiger partial charge in [-0.15, -0.1) is 0 Å². The third-order valence-electron chi connectivity index (χ3n) is 5.42. The maximum atomic E-state index is 5.80. The maximum Gasteiger partial charge on any atom is 0.0665 e. The van der Waals surface area contributed by atoms with Gasteiger partial charge in [0.1, 0.15) is 0 Å². The van der Waals surface area contributed by atoms with Crippen LogP contribution in [0.4, 0.5) is 0 Å². The number of thioether (sulfide) groups is 1. The molecule has 2 saturated heterocycles. The van der Waals surface area contributed by atoms with E-state index in [1.165, 1.54) is 108 Å². The van der Waals surface area contributed by atoms with Crippen LogP contribution in [0.25, 0.3) is 0 Å². The van der Waals surface area contributed by atoms with Crippen molar-refractivity contribution < 1.29 is 9.47 Å². The first-order chi connectivity index (χ1) is 11.9. The van der Waals surface area contributed by atoms with Crippen molar-refractivity contribution >= 4 is 11.8 Å². The van der Waals surface area contributed by atoms with Crippen LogP contribution in [-0.2, 0) is 9.47 Å². The Morgan fingerprint density at radius 1 is 0.625 bits per heavy atom. The monoisotopic (exact) mass is 356 g/mol. The van der Waals surface area contributed by atoms with Gasteiger partial charge >= 0.3 is 0 Å². The molecule has 0 spiro atoms. The van der Waals surface area contributed by atoms with Gasteiger partial charge < -0.3 is 9.47 Å². The van der Waals surface area contributed by atoms with Crippen LogP contribution < -0.4 is 0 Å². The predicted molar refractivity (Wildman–Crippen MR) is 106 cm³/mol. The highest BCUT2D eigenvalue weighted by Gasteiger charge is 2.13. The van der Waals surface area contributed by atoms with E-state index in [0.717, 1.165) is 13.2 Å². The Labute approximate surface area is 154 Å². The van der Waals surface area contributed by atoms with E-state index in [0.29, 0.717) is 12.2 Å². The highest BCUT2D eigenvalue weighted by Crippen LogP contribution is 2.20. The quantitative estimate of drug-likeness (QED) is 0.357. The van der Waals surface area contributed by atoms with Gasteiger partial charge in [-0.1, -0.05) is 44.9 Å². The molecule has 2 fully saturated rings. The molecule has 2 atom stereocenters. The minimum absolute atomic E-state index is 0.558. The summed E-state index contributed by atoms with van der Waals surface area (Å²) in [5, 5.41) is 0. The smallest absolute Gasteiger partial charge is 0.0665 e. The summed E-state index contributed by atoms with van der Waals surface area (Å²) in [5.41, 5.74) is 0. The van der Waals surface area contributed by atoms with Gasteiger partial charge in [-0.25, -0.2) is 0 Å². The summed E-state index contributed by atoms with van der Waals surface area (Å²) in [5.74, 6) is 2.56. The Hall–Kier alpha value is 0.270. The first-order valence-corrected chi connectivity index (χ1v) is 11.9. The standard InChI is InChI=1S/C21H40O2S/c1(3-5-7-13-20-14-8-10-16-22-20)2-4-6-12-18-24-19-21-15-9-11-17-23-21/h20-21H,1-19H2. The molecule has 0 aromatic rings. The average molecular weight is 357 g/mol. The van der Waals surface area contributed by atoms with Crippen molar-refractivity contribution in [3.8, 4) is 0 Å². The van der Waals surface area contributed by atoms with E-state index in [4.69, 9.17) is 9.47 Å². The van der Waals surface area contributed by atoms with Crippen molar-refractivity contribution in [2.45, 2.75) is 109 Å². The lowest BCUT2D eigenvalue weighted by molar-refractivity contribution is 0.00977. The molecule has 0 aromatic heterocycles. The van der Waals surface area contributed by atoms with Gasteiger partial charge in [0.15, 0.2) is 0 Å². The lowest BCUT2D eigenvalue weighted by Crippen LogP contribution is -2.21. The Morgan fingerprint density at radius 2 is 1.21 bits per heavy atom. The fourth-order valence-corrected chi connectivity index (χ4v) is 4.93. The van der Waals surface area contributed by atoms with Crippen molar-refractivity contribution in [1.82, 2.24) is 0 Å². The molecule has 142 valence electrons. The van der Waals surface area contributed by atoms with E-state index < -0.39 is 0 Å². The number of hydrogen-bond acceptors (Lipinski definition) is 3. The van der Waals surface area contributed by atoms with E-state index in [1.807, 2.05) is 0 Å². The molecule has 3 heteroatoms. The van der Waals surface area contributed by atoms with Crippen LogP contribution in [0.15, 0.2) is 0 Å². The molecular formula is C21H40O2S. The molecule has 24 heavy (non-hydrogen) atoms. The second-order valence-electron chi connectivity index (χ2n) is 7.67. The average Bonchev–Trinajstić information content (AvgIpc) is 2.64. The van der Waals surface area contributed by atoms with Crippen molar-refractivity contribution in [3.63, 3.8) is 0 Å². The van der Waals surface area contributed by atoms with Gasteiger partial charge in [-0.3, -0.25) is 0 Å². The summed E-state index contributed by atoms with van der Waals surface area (Å²) < 4.78 is 11.6.